The highest BCUT2D eigenvalue weighted by atomic mass is 31.2. The van der Waals surface area contributed by atoms with E-state index in [2.05, 4.69) is 0 Å². The number of hydrogen-bond donors (Lipinski definition) is 0. The second kappa shape index (κ2) is 29.7. The van der Waals surface area contributed by atoms with Crippen molar-refractivity contribution >= 4 is 15.2 Å². The van der Waals surface area contributed by atoms with Gasteiger partial charge in [0.15, 0.2) is 0 Å². The van der Waals surface area contributed by atoms with Crippen LogP contribution >= 0.6 is 15.2 Å². The van der Waals surface area contributed by atoms with Crippen molar-refractivity contribution in [2.45, 2.75) is 89.5 Å². The molecule has 1 saturated carbocycles. The fourth-order valence-corrected chi connectivity index (χ4v) is 11.9. The Labute approximate surface area is 458 Å². The van der Waals surface area contributed by atoms with E-state index in [9.17, 15) is 0 Å². The van der Waals surface area contributed by atoms with Crippen LogP contribution in [0, 0.1) is 0 Å². The molecule has 1 fully saturated rings. The highest BCUT2D eigenvalue weighted by molar-refractivity contribution is 7.54. The van der Waals surface area contributed by atoms with E-state index in [4.69, 9.17) is 46.5 Å². The van der Waals surface area contributed by atoms with E-state index in [1.165, 1.54) is 0 Å². The summed E-state index contributed by atoms with van der Waals surface area (Å²) >= 11 is 0. The molecule has 0 aliphatic heterocycles. The van der Waals surface area contributed by atoms with Crippen LogP contribution < -0.4 is 0 Å². The molecule has 8 aromatic carbocycles. The second-order valence-electron chi connectivity index (χ2n) is 18.9. The molecule has 0 bridgehead atoms. The summed E-state index contributed by atoms with van der Waals surface area (Å²) in [6.07, 6.45) is -8.30. The van der Waals surface area contributed by atoms with Crippen molar-refractivity contribution in [1.29, 1.82) is 0 Å². The average molecular weight is 1090 g/mol. The van der Waals surface area contributed by atoms with Crippen LogP contribution in [0.2, 0.25) is 0 Å². The van der Waals surface area contributed by atoms with E-state index in [1.807, 2.05) is 243 Å². The number of rotatable bonds is 30. The minimum absolute atomic E-state index is 0.0479. The van der Waals surface area contributed by atoms with Gasteiger partial charge in [-0.25, -0.2) is 0 Å². The van der Waals surface area contributed by atoms with Crippen LogP contribution in [0.25, 0.3) is 0 Å². The molecule has 9 rings (SSSR count). The van der Waals surface area contributed by atoms with Gasteiger partial charge >= 0.3 is 15.2 Å². The minimum atomic E-state index is -4.44. The van der Waals surface area contributed by atoms with Crippen LogP contribution in [-0.2, 0) is 109 Å². The molecule has 0 saturated heterocycles. The van der Waals surface area contributed by atoms with Gasteiger partial charge in [-0.1, -0.05) is 243 Å². The van der Waals surface area contributed by atoms with Gasteiger partial charge in [0.05, 0.1) is 52.9 Å². The summed E-state index contributed by atoms with van der Waals surface area (Å²) in [7, 11) is -8.87. The van der Waals surface area contributed by atoms with Crippen molar-refractivity contribution in [3.8, 4) is 0 Å². The zero-order chi connectivity index (χ0) is 53.5. The van der Waals surface area contributed by atoms with Crippen LogP contribution in [0.5, 0.6) is 0 Å². The molecule has 8 aromatic rings. The van der Waals surface area contributed by atoms with E-state index in [1.54, 1.807) is 0 Å². The quantitative estimate of drug-likeness (QED) is 0.0398. The molecule has 0 N–H and O–H groups in total. The van der Waals surface area contributed by atoms with Crippen molar-refractivity contribution in [2.75, 3.05) is 12.7 Å². The normalized spacial score (nSPS) is 19.8. The molecule has 2 unspecified atom stereocenters. The fourth-order valence-electron chi connectivity index (χ4n) is 8.95. The lowest BCUT2D eigenvalue weighted by Gasteiger charge is -2.50. The summed E-state index contributed by atoms with van der Waals surface area (Å²) < 4.78 is 100. The predicted octanol–water partition coefficient (Wildman–Crippen LogP) is 14.3. The topological polar surface area (TPSA) is 126 Å². The molecule has 0 amide bonds. The van der Waals surface area contributed by atoms with Crippen molar-refractivity contribution in [3.05, 3.63) is 287 Å². The van der Waals surface area contributed by atoms with Gasteiger partial charge in [-0.2, -0.15) is 0 Å². The van der Waals surface area contributed by atoms with Gasteiger partial charge in [-0.3, -0.25) is 18.2 Å². The molecular formula is C64H66O12P2. The molecule has 1 aliphatic rings. The zero-order valence-electron chi connectivity index (χ0n) is 43.4. The third-order valence-electron chi connectivity index (χ3n) is 12.9. The van der Waals surface area contributed by atoms with E-state index < -0.39 is 64.5 Å². The lowest BCUT2D eigenvalue weighted by atomic mass is 9.84. The third-order valence-corrected chi connectivity index (χ3v) is 16.1. The summed E-state index contributed by atoms with van der Waals surface area (Å²) in [4.78, 5) is 0. The summed E-state index contributed by atoms with van der Waals surface area (Å²) in [6, 6.07) is 76.8. The molecule has 0 aromatic heterocycles. The Bertz CT molecular complexity index is 2820. The van der Waals surface area contributed by atoms with Gasteiger partial charge in [0.25, 0.3) is 0 Å². The third kappa shape index (κ3) is 17.4. The van der Waals surface area contributed by atoms with E-state index in [0.29, 0.717) is 0 Å². The van der Waals surface area contributed by atoms with Gasteiger partial charge in [-0.05, 0) is 44.5 Å². The molecule has 14 heteroatoms. The molecule has 12 nitrogen and oxygen atoms in total. The summed E-state index contributed by atoms with van der Waals surface area (Å²) in [5.74, 6) is 0. The van der Waals surface area contributed by atoms with Crippen molar-refractivity contribution in [2.24, 2.45) is 0 Å². The Morgan fingerprint density at radius 3 is 0.667 bits per heavy atom. The zero-order valence-corrected chi connectivity index (χ0v) is 45.2. The highest BCUT2D eigenvalue weighted by Gasteiger charge is 2.58. The number of benzene rings is 8. The molecule has 0 spiro atoms. The lowest BCUT2D eigenvalue weighted by Crippen LogP contribution is -2.67. The molecule has 0 heterocycles. The maximum atomic E-state index is 16.1. The van der Waals surface area contributed by atoms with Gasteiger partial charge in [0, 0.05) is 0 Å². The molecule has 404 valence electrons. The van der Waals surface area contributed by atoms with Crippen LogP contribution in [0.15, 0.2) is 243 Å². The number of hydrogen-bond acceptors (Lipinski definition) is 12. The predicted molar refractivity (Wildman–Crippen MR) is 300 cm³/mol. The van der Waals surface area contributed by atoms with Crippen molar-refractivity contribution in [3.63, 3.8) is 0 Å². The number of ether oxygens (including phenoxy) is 6. The maximum absolute atomic E-state index is 16.1. The standard InChI is InChI=1S/C64H66O12P2/c65-77(73-47-57-37-21-7-22-38-57,49-67-41-51-25-9-1-10-26-51)75-63-61(71-45-55-33-17-5-18-34-55)59(69-43-53-29-13-3-14-30-53)60(70-44-54-31-15-4-16-32-54)62(72-46-56-35-19-6-20-36-56)64(63)76-78(66,74-48-58-39-23-8-24-40-58)50-68-42-52-27-11-2-12-28-52/h1-40,59-64H,41-50H2/t59-,60-,61+,62+,63-,64+,77?,78?/m1/s1. The Kier molecular flexibility index (Phi) is 21.5. The van der Waals surface area contributed by atoms with Gasteiger partial charge in [-0.15, -0.1) is 0 Å². The second-order valence-corrected chi connectivity index (χ2v) is 22.7. The van der Waals surface area contributed by atoms with E-state index in [0.717, 1.165) is 44.5 Å². The van der Waals surface area contributed by atoms with Gasteiger partial charge in [0.1, 0.15) is 49.3 Å². The van der Waals surface area contributed by atoms with Crippen molar-refractivity contribution in [1.82, 2.24) is 0 Å². The minimum Gasteiger partial charge on any atom is -0.368 e. The van der Waals surface area contributed by atoms with Crippen LogP contribution in [0.4, 0.5) is 0 Å². The monoisotopic (exact) mass is 1090 g/mol. The van der Waals surface area contributed by atoms with Gasteiger partial charge in [0.2, 0.25) is 0 Å². The molecular weight excluding hydrogens is 1020 g/mol. The largest absolute Gasteiger partial charge is 0.368 e. The smallest absolute Gasteiger partial charge is 0.356 e. The van der Waals surface area contributed by atoms with E-state index in [-0.39, 0.29) is 52.9 Å². The molecule has 8 atom stereocenters. The molecule has 0 radical (unpaired) electrons. The lowest BCUT2D eigenvalue weighted by molar-refractivity contribution is -0.267. The van der Waals surface area contributed by atoms with E-state index >= 15 is 9.13 Å². The Morgan fingerprint density at radius 2 is 0.436 bits per heavy atom. The first-order valence-corrected chi connectivity index (χ1v) is 29.6. The Balaban J connectivity index is 1.19. The Hall–Kier alpha value is -6.18. The summed E-state index contributed by atoms with van der Waals surface area (Å²) in [6.45, 7) is 0.320. The SMILES string of the molecule is O=P(COCc1ccccc1)(OCc1ccccc1)O[C@@H]1[C@@H](OCc2ccccc2)[C@H](OCc2ccccc2)[C@@H](OCc2ccccc2)[C@H](OCc2ccccc2)[C@@H]1OP(=O)(COCc1ccccc1)OCc1ccccc1. The van der Waals surface area contributed by atoms with Gasteiger partial charge < -0.3 is 37.5 Å². The maximum Gasteiger partial charge on any atom is 0.356 e. The summed E-state index contributed by atoms with van der Waals surface area (Å²) in [5.41, 5.74) is 6.61. The first kappa shape index (κ1) is 56.5. The molecule has 1 aliphatic carbocycles. The van der Waals surface area contributed by atoms with Crippen molar-refractivity contribution < 1.29 is 55.6 Å². The molecule has 78 heavy (non-hydrogen) atoms. The van der Waals surface area contributed by atoms with Crippen LogP contribution in [0.3, 0.4) is 0 Å². The fraction of sp³-hybridized carbons (Fsp3) is 0.250. The van der Waals surface area contributed by atoms with Crippen LogP contribution in [0.1, 0.15) is 44.5 Å². The summed E-state index contributed by atoms with van der Waals surface area (Å²) in [5, 5.41) is 0. The Morgan fingerprint density at radius 1 is 0.244 bits per heavy atom. The highest BCUT2D eigenvalue weighted by Crippen LogP contribution is 2.57. The average Bonchev–Trinajstić information content (AvgIpc) is 3.60. The first-order chi connectivity index (χ1) is 38.4. The first-order valence-electron chi connectivity index (χ1n) is 26.1. The van der Waals surface area contributed by atoms with Crippen LogP contribution in [-0.4, -0.2) is 49.3 Å².